The fourth-order valence-electron chi connectivity index (χ4n) is 1.34. The molecule has 0 bridgehead atoms. The lowest BCUT2D eigenvalue weighted by molar-refractivity contribution is -0.149. The van der Waals surface area contributed by atoms with Crippen LogP contribution in [0.5, 0.6) is 5.75 Å². The number of ether oxygens (including phenoxy) is 2. The smallest absolute Gasteiger partial charge is 0.330 e. The highest BCUT2D eigenvalue weighted by Gasteiger charge is 2.32. The van der Waals surface area contributed by atoms with E-state index in [0.717, 1.165) is 0 Å². The van der Waals surface area contributed by atoms with Crippen LogP contribution in [0.25, 0.3) is 0 Å². The van der Waals surface area contributed by atoms with E-state index in [4.69, 9.17) is 15.2 Å². The van der Waals surface area contributed by atoms with Crippen LogP contribution in [-0.2, 0) is 15.1 Å². The minimum atomic E-state index is -1.15. The van der Waals surface area contributed by atoms with Gasteiger partial charge >= 0.3 is 5.97 Å². The molecule has 0 aromatic heterocycles. The van der Waals surface area contributed by atoms with Gasteiger partial charge in [-0.25, -0.2) is 4.79 Å². The molecule has 4 heteroatoms. The predicted molar refractivity (Wildman–Crippen MR) is 61.2 cm³/mol. The van der Waals surface area contributed by atoms with E-state index in [0.29, 0.717) is 17.9 Å². The second kappa shape index (κ2) is 4.99. The maximum atomic E-state index is 11.7. The average Bonchev–Trinajstić information content (AvgIpc) is 2.29. The van der Waals surface area contributed by atoms with E-state index in [-0.39, 0.29) is 0 Å². The first-order chi connectivity index (χ1) is 7.52. The van der Waals surface area contributed by atoms with Gasteiger partial charge in [-0.3, -0.25) is 0 Å². The first kappa shape index (κ1) is 12.5. The van der Waals surface area contributed by atoms with Crippen molar-refractivity contribution in [3.05, 3.63) is 29.8 Å². The Hall–Kier alpha value is -1.55. The molecule has 0 saturated carbocycles. The monoisotopic (exact) mass is 223 g/mol. The molecule has 0 saturated heterocycles. The van der Waals surface area contributed by atoms with Crippen LogP contribution in [0.15, 0.2) is 24.3 Å². The van der Waals surface area contributed by atoms with Gasteiger partial charge in [0, 0.05) is 0 Å². The maximum Gasteiger partial charge on any atom is 0.330 e. The predicted octanol–water partition coefficient (Wildman–Crippen LogP) is 1.43. The van der Waals surface area contributed by atoms with E-state index >= 15 is 0 Å². The van der Waals surface area contributed by atoms with Gasteiger partial charge in [-0.15, -0.1) is 0 Å². The summed E-state index contributed by atoms with van der Waals surface area (Å²) < 4.78 is 10.0. The number of carbonyl (C=O) groups excluding carboxylic acids is 1. The van der Waals surface area contributed by atoms with Gasteiger partial charge in [0.1, 0.15) is 11.3 Å². The van der Waals surface area contributed by atoms with E-state index in [2.05, 4.69) is 0 Å². The topological polar surface area (TPSA) is 61.5 Å². The fraction of sp³-hybridized carbons (Fsp3) is 0.417. The Bertz CT molecular complexity index is 374. The number of methoxy groups -OCH3 is 1. The third-order valence-corrected chi connectivity index (χ3v) is 2.37. The largest absolute Gasteiger partial charge is 0.497 e. The van der Waals surface area contributed by atoms with Gasteiger partial charge in [0.2, 0.25) is 0 Å². The quantitative estimate of drug-likeness (QED) is 0.784. The van der Waals surface area contributed by atoms with Crippen molar-refractivity contribution in [3.63, 3.8) is 0 Å². The molecule has 16 heavy (non-hydrogen) atoms. The summed E-state index contributed by atoms with van der Waals surface area (Å²) in [5.41, 5.74) is 5.48. The Kier molecular flexibility index (Phi) is 3.90. The summed E-state index contributed by atoms with van der Waals surface area (Å²) in [4.78, 5) is 11.7. The van der Waals surface area contributed by atoms with Crippen LogP contribution in [0, 0.1) is 0 Å². The van der Waals surface area contributed by atoms with Crippen molar-refractivity contribution >= 4 is 5.97 Å². The molecule has 0 radical (unpaired) electrons. The number of rotatable bonds is 4. The number of carbonyl (C=O) groups is 1. The van der Waals surface area contributed by atoms with E-state index < -0.39 is 11.5 Å². The number of hydrogen-bond acceptors (Lipinski definition) is 4. The number of benzene rings is 1. The third-order valence-electron chi connectivity index (χ3n) is 2.37. The Labute approximate surface area is 95.3 Å². The average molecular weight is 223 g/mol. The van der Waals surface area contributed by atoms with Crippen LogP contribution >= 0.6 is 0 Å². The van der Waals surface area contributed by atoms with Crippen molar-refractivity contribution in [3.8, 4) is 5.75 Å². The molecule has 88 valence electrons. The molecule has 0 fully saturated rings. The first-order valence-electron chi connectivity index (χ1n) is 5.13. The van der Waals surface area contributed by atoms with Crippen LogP contribution < -0.4 is 10.5 Å². The van der Waals surface area contributed by atoms with Crippen LogP contribution in [0.2, 0.25) is 0 Å². The normalized spacial score (nSPS) is 14.0. The van der Waals surface area contributed by atoms with Gasteiger partial charge < -0.3 is 15.2 Å². The summed E-state index contributed by atoms with van der Waals surface area (Å²) in [6.07, 6.45) is 0. The first-order valence-corrected chi connectivity index (χ1v) is 5.13. The molecule has 0 amide bonds. The van der Waals surface area contributed by atoms with E-state index in [9.17, 15) is 4.79 Å². The molecule has 1 aromatic carbocycles. The van der Waals surface area contributed by atoms with Gasteiger partial charge in [-0.05, 0) is 31.5 Å². The van der Waals surface area contributed by atoms with Crippen molar-refractivity contribution < 1.29 is 14.3 Å². The number of nitrogens with two attached hydrogens (primary N) is 1. The molecular formula is C12H17NO3. The van der Waals surface area contributed by atoms with Crippen molar-refractivity contribution in [2.24, 2.45) is 5.73 Å². The zero-order valence-corrected chi connectivity index (χ0v) is 9.82. The number of hydrogen-bond donors (Lipinski definition) is 1. The Balaban J connectivity index is 3.01. The fourth-order valence-corrected chi connectivity index (χ4v) is 1.34. The van der Waals surface area contributed by atoms with Gasteiger partial charge in [0.25, 0.3) is 0 Å². The summed E-state index contributed by atoms with van der Waals surface area (Å²) in [5, 5.41) is 0. The molecule has 1 rings (SSSR count). The minimum absolute atomic E-state index is 0.315. The zero-order valence-electron chi connectivity index (χ0n) is 9.82. The van der Waals surface area contributed by atoms with Crippen LogP contribution in [0.4, 0.5) is 0 Å². The molecule has 0 spiro atoms. The summed E-state index contributed by atoms with van der Waals surface area (Å²) in [5.74, 6) is 0.224. The summed E-state index contributed by atoms with van der Waals surface area (Å²) in [6.45, 7) is 3.69. The van der Waals surface area contributed by atoms with Gasteiger partial charge in [0.05, 0.1) is 13.7 Å². The Morgan fingerprint density at radius 1 is 1.50 bits per heavy atom. The van der Waals surface area contributed by atoms with Gasteiger partial charge in [0.15, 0.2) is 0 Å². The van der Waals surface area contributed by atoms with Crippen LogP contribution in [0.3, 0.4) is 0 Å². The van der Waals surface area contributed by atoms with Gasteiger partial charge in [-0.1, -0.05) is 12.1 Å². The van der Waals surface area contributed by atoms with E-state index in [1.807, 2.05) is 0 Å². The van der Waals surface area contributed by atoms with Crippen molar-refractivity contribution in [2.75, 3.05) is 13.7 Å². The van der Waals surface area contributed by atoms with Crippen molar-refractivity contribution in [1.82, 2.24) is 0 Å². The second-order valence-electron chi connectivity index (χ2n) is 3.65. The van der Waals surface area contributed by atoms with Crippen molar-refractivity contribution in [1.29, 1.82) is 0 Å². The molecule has 1 unspecified atom stereocenters. The lowest BCUT2D eigenvalue weighted by Gasteiger charge is -2.23. The van der Waals surface area contributed by atoms with Crippen molar-refractivity contribution in [2.45, 2.75) is 19.4 Å². The highest BCUT2D eigenvalue weighted by Crippen LogP contribution is 2.23. The Morgan fingerprint density at radius 3 is 2.75 bits per heavy atom. The molecule has 0 heterocycles. The maximum absolute atomic E-state index is 11.7. The van der Waals surface area contributed by atoms with Crippen LogP contribution in [-0.4, -0.2) is 19.7 Å². The summed E-state index contributed by atoms with van der Waals surface area (Å²) in [7, 11) is 1.57. The lowest BCUT2D eigenvalue weighted by atomic mass is 9.93. The zero-order chi connectivity index (χ0) is 12.2. The molecule has 0 aliphatic carbocycles. The molecule has 1 atom stereocenters. The second-order valence-corrected chi connectivity index (χ2v) is 3.65. The molecule has 2 N–H and O–H groups in total. The highest BCUT2D eigenvalue weighted by atomic mass is 16.5. The molecular weight excluding hydrogens is 206 g/mol. The minimum Gasteiger partial charge on any atom is -0.497 e. The molecule has 0 aliphatic rings. The van der Waals surface area contributed by atoms with Gasteiger partial charge in [-0.2, -0.15) is 0 Å². The van der Waals surface area contributed by atoms with E-state index in [1.54, 1.807) is 45.2 Å². The molecule has 0 aliphatic heterocycles. The van der Waals surface area contributed by atoms with E-state index in [1.165, 1.54) is 0 Å². The Morgan fingerprint density at radius 2 is 2.19 bits per heavy atom. The molecule has 1 aromatic rings. The standard InChI is InChI=1S/C12H17NO3/c1-4-16-11(14)12(2,13)9-6-5-7-10(8-9)15-3/h5-8H,4,13H2,1-3H3. The highest BCUT2D eigenvalue weighted by molar-refractivity contribution is 5.82. The SMILES string of the molecule is CCOC(=O)C(C)(N)c1cccc(OC)c1. The summed E-state index contributed by atoms with van der Waals surface area (Å²) >= 11 is 0. The third kappa shape index (κ3) is 2.52. The number of esters is 1. The lowest BCUT2D eigenvalue weighted by Crippen LogP contribution is -2.43. The summed E-state index contributed by atoms with van der Waals surface area (Å²) in [6, 6.07) is 7.10. The molecule has 4 nitrogen and oxygen atoms in total. The van der Waals surface area contributed by atoms with Crippen LogP contribution in [0.1, 0.15) is 19.4 Å².